The predicted molar refractivity (Wildman–Crippen MR) is 65.6 cm³/mol. The van der Waals surface area contributed by atoms with Crippen molar-refractivity contribution < 1.29 is 5.11 Å². The molecule has 0 bridgehead atoms. The smallest absolute Gasteiger partial charge is 0.115 e. The summed E-state index contributed by atoms with van der Waals surface area (Å²) in [7, 11) is 0. The van der Waals surface area contributed by atoms with Gasteiger partial charge in [-0.15, -0.1) is 0 Å². The van der Waals surface area contributed by atoms with Crippen LogP contribution >= 0.6 is 12.6 Å². The van der Waals surface area contributed by atoms with Gasteiger partial charge in [0.05, 0.1) is 0 Å². The Hall–Kier alpha value is -0.670. The molecule has 0 amide bonds. The van der Waals surface area contributed by atoms with Crippen LogP contribution in [0, 0.1) is 0 Å². The minimum absolute atomic E-state index is 0.0233. The Morgan fingerprint density at radius 1 is 1.47 bits per heavy atom. The third kappa shape index (κ3) is 1.64. The van der Waals surface area contributed by atoms with Gasteiger partial charge >= 0.3 is 0 Å². The molecule has 0 fully saturated rings. The molecule has 1 aliphatic rings. The normalized spacial score (nSPS) is 28.5. The number of rotatable bonds is 0. The highest BCUT2D eigenvalue weighted by molar-refractivity contribution is 7.81. The van der Waals surface area contributed by atoms with Crippen LogP contribution in [0.4, 0.5) is 0 Å². The van der Waals surface area contributed by atoms with Crippen LogP contribution in [0.3, 0.4) is 0 Å². The van der Waals surface area contributed by atoms with E-state index in [0.717, 1.165) is 12.0 Å². The van der Waals surface area contributed by atoms with Gasteiger partial charge in [0.15, 0.2) is 0 Å². The highest BCUT2D eigenvalue weighted by atomic mass is 32.1. The second kappa shape index (κ2) is 3.42. The molecular weight excluding hydrogens is 206 g/mol. The van der Waals surface area contributed by atoms with E-state index in [0.29, 0.717) is 5.75 Å². The average Bonchev–Trinajstić information content (AvgIpc) is 2.17. The Balaban J connectivity index is 2.57. The fraction of sp³-hybridized carbons (Fsp3) is 0.500. The highest BCUT2D eigenvalue weighted by Gasteiger charge is 2.38. The van der Waals surface area contributed by atoms with Gasteiger partial charge in [-0.2, -0.15) is 12.6 Å². The third-order valence-electron chi connectivity index (χ3n) is 3.46. The van der Waals surface area contributed by atoms with Crippen LogP contribution in [0.2, 0.25) is 0 Å². The van der Waals surface area contributed by atoms with Crippen molar-refractivity contribution in [2.45, 2.75) is 37.0 Å². The van der Waals surface area contributed by atoms with Gasteiger partial charge in [-0.25, -0.2) is 0 Å². The molecule has 0 unspecified atom stereocenters. The number of aromatic hydroxyl groups is 1. The molecule has 3 heteroatoms. The zero-order chi connectivity index (χ0) is 11.2. The molecule has 0 heterocycles. The van der Waals surface area contributed by atoms with Gasteiger partial charge in [0.2, 0.25) is 0 Å². The van der Waals surface area contributed by atoms with E-state index in [1.807, 2.05) is 12.1 Å². The maximum atomic E-state index is 9.51. The van der Waals surface area contributed by atoms with Crippen molar-refractivity contribution in [1.82, 2.24) is 0 Å². The van der Waals surface area contributed by atoms with Crippen molar-refractivity contribution in [2.75, 3.05) is 0 Å². The van der Waals surface area contributed by atoms with Gasteiger partial charge in [0.25, 0.3) is 0 Å². The summed E-state index contributed by atoms with van der Waals surface area (Å²) in [5.41, 5.74) is 8.44. The van der Waals surface area contributed by atoms with Gasteiger partial charge in [-0.3, -0.25) is 0 Å². The van der Waals surface area contributed by atoms with Gasteiger partial charge in [0, 0.05) is 16.7 Å². The van der Waals surface area contributed by atoms with Crippen LogP contribution in [-0.2, 0) is 11.8 Å². The van der Waals surface area contributed by atoms with Crippen molar-refractivity contribution in [2.24, 2.45) is 5.73 Å². The number of nitrogens with two attached hydrogens (primary N) is 1. The minimum atomic E-state index is -0.126. The summed E-state index contributed by atoms with van der Waals surface area (Å²) >= 11 is 4.53. The number of phenolic OH excluding ortho intramolecular Hbond substituents is 1. The van der Waals surface area contributed by atoms with Crippen LogP contribution in [0.25, 0.3) is 0 Å². The van der Waals surface area contributed by atoms with Crippen LogP contribution < -0.4 is 5.73 Å². The number of benzene rings is 1. The summed E-state index contributed by atoms with van der Waals surface area (Å²) in [6.07, 6.45) is 0.878. The molecule has 0 aromatic heterocycles. The molecule has 15 heavy (non-hydrogen) atoms. The molecule has 82 valence electrons. The fourth-order valence-corrected chi connectivity index (χ4v) is 2.92. The number of fused-ring (bicyclic) bond motifs is 1. The van der Waals surface area contributed by atoms with E-state index in [1.54, 1.807) is 6.07 Å². The first-order valence-corrected chi connectivity index (χ1v) is 5.70. The third-order valence-corrected chi connectivity index (χ3v) is 3.97. The lowest BCUT2D eigenvalue weighted by Crippen LogP contribution is -2.51. The van der Waals surface area contributed by atoms with Crippen LogP contribution in [0.5, 0.6) is 5.75 Å². The molecule has 1 aliphatic carbocycles. The van der Waals surface area contributed by atoms with E-state index in [2.05, 4.69) is 26.5 Å². The lowest BCUT2D eigenvalue weighted by atomic mass is 9.69. The summed E-state index contributed by atoms with van der Waals surface area (Å²) in [6.45, 7) is 4.22. The topological polar surface area (TPSA) is 46.2 Å². The Kier molecular flexibility index (Phi) is 2.47. The summed E-state index contributed by atoms with van der Waals surface area (Å²) in [6, 6.07) is 5.55. The van der Waals surface area contributed by atoms with Crippen LogP contribution in [-0.4, -0.2) is 16.4 Å². The van der Waals surface area contributed by atoms with Crippen molar-refractivity contribution >= 4 is 12.6 Å². The maximum Gasteiger partial charge on any atom is 0.115 e. The first-order valence-electron chi connectivity index (χ1n) is 5.19. The van der Waals surface area contributed by atoms with E-state index < -0.39 is 0 Å². The molecule has 0 radical (unpaired) electrons. The molecule has 0 spiro atoms. The summed E-state index contributed by atoms with van der Waals surface area (Å²) in [5.74, 6) is 0.312. The fourth-order valence-electron chi connectivity index (χ4n) is 2.36. The highest BCUT2D eigenvalue weighted by Crippen LogP contribution is 2.39. The summed E-state index contributed by atoms with van der Waals surface area (Å²) in [4.78, 5) is 0. The van der Waals surface area contributed by atoms with Crippen molar-refractivity contribution in [3.8, 4) is 5.75 Å². The zero-order valence-electron chi connectivity index (χ0n) is 9.07. The zero-order valence-corrected chi connectivity index (χ0v) is 9.96. The van der Waals surface area contributed by atoms with Crippen LogP contribution in [0.15, 0.2) is 18.2 Å². The Morgan fingerprint density at radius 3 is 2.80 bits per heavy atom. The van der Waals surface area contributed by atoms with Gasteiger partial charge in [0.1, 0.15) is 5.75 Å². The van der Waals surface area contributed by atoms with Gasteiger partial charge in [-0.1, -0.05) is 19.9 Å². The molecule has 0 aliphatic heterocycles. The van der Waals surface area contributed by atoms with E-state index >= 15 is 0 Å². The molecule has 3 N–H and O–H groups in total. The van der Waals surface area contributed by atoms with E-state index in [-0.39, 0.29) is 16.7 Å². The molecule has 2 rings (SSSR count). The van der Waals surface area contributed by atoms with E-state index in [1.165, 1.54) is 5.56 Å². The lowest BCUT2D eigenvalue weighted by Gasteiger charge is -2.41. The summed E-state index contributed by atoms with van der Waals surface area (Å²) in [5, 5.41) is 9.70. The van der Waals surface area contributed by atoms with Crippen LogP contribution in [0.1, 0.15) is 25.0 Å². The second-order valence-corrected chi connectivity index (χ2v) is 5.52. The number of phenols is 1. The standard InChI is InChI=1S/C12H17NOS/c1-12(2)9-6-8(14)4-3-7(9)5-10(15)11(12)13/h3-4,6,10-11,14-15H,5,13H2,1-2H3/t10-,11-/m1/s1. The predicted octanol–water partition coefficient (Wildman–Crippen LogP) is 1.85. The molecule has 2 atom stereocenters. The molecule has 0 saturated carbocycles. The number of thiol groups is 1. The maximum absolute atomic E-state index is 9.51. The molecule has 1 aromatic carbocycles. The Labute approximate surface area is 95.9 Å². The van der Waals surface area contributed by atoms with E-state index in [4.69, 9.17) is 5.73 Å². The number of hydrogen-bond acceptors (Lipinski definition) is 3. The molecule has 0 saturated heterocycles. The minimum Gasteiger partial charge on any atom is -0.508 e. The summed E-state index contributed by atoms with van der Waals surface area (Å²) < 4.78 is 0. The van der Waals surface area contributed by atoms with Gasteiger partial charge in [-0.05, 0) is 29.7 Å². The van der Waals surface area contributed by atoms with Gasteiger partial charge < -0.3 is 10.8 Å². The largest absolute Gasteiger partial charge is 0.508 e. The first kappa shape index (κ1) is 10.8. The molecule has 2 nitrogen and oxygen atoms in total. The van der Waals surface area contributed by atoms with Crippen molar-refractivity contribution in [3.05, 3.63) is 29.3 Å². The number of hydrogen-bond donors (Lipinski definition) is 3. The Morgan fingerprint density at radius 2 is 2.13 bits per heavy atom. The first-order chi connectivity index (χ1) is 6.93. The lowest BCUT2D eigenvalue weighted by molar-refractivity contribution is 0.370. The van der Waals surface area contributed by atoms with E-state index in [9.17, 15) is 5.11 Å². The molecular formula is C12H17NOS. The monoisotopic (exact) mass is 223 g/mol. The van der Waals surface area contributed by atoms with Crippen molar-refractivity contribution in [1.29, 1.82) is 0 Å². The average molecular weight is 223 g/mol. The second-order valence-electron chi connectivity index (χ2n) is 4.86. The Bertz CT molecular complexity index is 389. The quantitative estimate of drug-likeness (QED) is 0.588. The van der Waals surface area contributed by atoms with Crippen molar-refractivity contribution in [3.63, 3.8) is 0 Å². The SMILES string of the molecule is CC1(C)c2cc(O)ccc2C[C@@H](S)[C@H]1N. The molecule has 1 aromatic rings.